The minimum absolute atomic E-state index is 0.00261. The van der Waals surface area contributed by atoms with Crippen LogP contribution in [0.1, 0.15) is 67.2 Å². The highest BCUT2D eigenvalue weighted by Gasteiger charge is 2.41. The lowest BCUT2D eigenvalue weighted by molar-refractivity contribution is -0.148. The lowest BCUT2D eigenvalue weighted by Gasteiger charge is -2.40. The fraction of sp³-hybridized carbons (Fsp3) is 0.773. The van der Waals surface area contributed by atoms with E-state index in [2.05, 4.69) is 15.5 Å². The third kappa shape index (κ3) is 4.85. The van der Waals surface area contributed by atoms with E-state index in [1.807, 2.05) is 18.7 Å². The van der Waals surface area contributed by atoms with Crippen molar-refractivity contribution in [3.63, 3.8) is 0 Å². The molecule has 1 aromatic rings. The van der Waals surface area contributed by atoms with Gasteiger partial charge in [0.25, 0.3) is 5.91 Å². The van der Waals surface area contributed by atoms with Crippen LogP contribution in [0.2, 0.25) is 0 Å². The van der Waals surface area contributed by atoms with Gasteiger partial charge in [-0.2, -0.15) is 16.9 Å². The molecule has 2 fully saturated rings. The van der Waals surface area contributed by atoms with Crippen molar-refractivity contribution < 1.29 is 19.1 Å². The molecule has 3 aliphatic heterocycles. The summed E-state index contributed by atoms with van der Waals surface area (Å²) in [5, 5.41) is 10.6. The monoisotopic (exact) mass is 435 g/mol. The summed E-state index contributed by atoms with van der Waals surface area (Å²) in [5.41, 5.74) is 2.55. The second-order valence-corrected chi connectivity index (χ2v) is 10.1. The molecule has 4 rings (SSSR count). The third-order valence-corrected chi connectivity index (χ3v) is 7.92. The minimum Gasteiger partial charge on any atom is -0.465 e. The quantitative estimate of drug-likeness (QED) is 0.527. The molecule has 1 aromatic heterocycles. The van der Waals surface area contributed by atoms with Crippen LogP contribution >= 0.6 is 11.8 Å². The van der Waals surface area contributed by atoms with Gasteiger partial charge in [-0.3, -0.25) is 14.7 Å². The number of nitrogens with zero attached hydrogens (tertiary/aromatic N) is 1. The van der Waals surface area contributed by atoms with E-state index in [9.17, 15) is 9.59 Å². The molecule has 30 heavy (non-hydrogen) atoms. The van der Waals surface area contributed by atoms with E-state index in [1.165, 1.54) is 0 Å². The van der Waals surface area contributed by atoms with Crippen LogP contribution in [-0.4, -0.2) is 59.4 Å². The molecule has 0 aromatic carbocycles. The summed E-state index contributed by atoms with van der Waals surface area (Å²) in [6.45, 7) is 3.86. The number of rotatable bonds is 6. The molecular formula is C22H33N3O4S. The Morgan fingerprint density at radius 2 is 2.33 bits per heavy atom. The first-order valence-corrected chi connectivity index (χ1v) is 12.5. The van der Waals surface area contributed by atoms with E-state index >= 15 is 0 Å². The van der Waals surface area contributed by atoms with E-state index in [4.69, 9.17) is 9.47 Å². The Balaban J connectivity index is 1.28. The Morgan fingerprint density at radius 3 is 3.13 bits per heavy atom. The van der Waals surface area contributed by atoms with Gasteiger partial charge in [0, 0.05) is 24.6 Å². The van der Waals surface area contributed by atoms with Crippen molar-refractivity contribution in [2.75, 3.05) is 31.3 Å². The highest BCUT2D eigenvalue weighted by Crippen LogP contribution is 2.39. The summed E-state index contributed by atoms with van der Waals surface area (Å²) in [4.78, 5) is 24.8. The van der Waals surface area contributed by atoms with Crippen LogP contribution in [0.25, 0.3) is 0 Å². The molecule has 1 amide bonds. The zero-order valence-electron chi connectivity index (χ0n) is 17.8. The maximum Gasteiger partial charge on any atom is 0.309 e. The zero-order chi connectivity index (χ0) is 21.0. The van der Waals surface area contributed by atoms with Crippen LogP contribution in [0.3, 0.4) is 0 Å². The molecule has 0 saturated carbocycles. The number of fused-ring (bicyclic) bond motifs is 1. The highest BCUT2D eigenvalue weighted by molar-refractivity contribution is 7.99. The average Bonchev–Trinajstić information content (AvgIpc) is 3.12. The Hall–Kier alpha value is -1.54. The molecule has 166 valence electrons. The van der Waals surface area contributed by atoms with Crippen molar-refractivity contribution in [3.8, 4) is 0 Å². The highest BCUT2D eigenvalue weighted by atomic mass is 32.2. The third-order valence-electron chi connectivity index (χ3n) is 6.71. The summed E-state index contributed by atoms with van der Waals surface area (Å²) in [7, 11) is 0. The van der Waals surface area contributed by atoms with Crippen molar-refractivity contribution in [1.29, 1.82) is 0 Å². The van der Waals surface area contributed by atoms with E-state index in [0.29, 0.717) is 19.8 Å². The topological polar surface area (TPSA) is 93.3 Å². The number of hydrogen-bond acceptors (Lipinski definition) is 6. The second kappa shape index (κ2) is 9.73. The molecule has 8 heteroatoms. The molecule has 1 spiro atoms. The summed E-state index contributed by atoms with van der Waals surface area (Å²) in [6, 6.07) is 0. The number of esters is 1. The molecule has 3 aliphatic rings. The van der Waals surface area contributed by atoms with Crippen LogP contribution < -0.4 is 5.32 Å². The maximum absolute atomic E-state index is 12.6. The van der Waals surface area contributed by atoms with Crippen LogP contribution in [0.15, 0.2) is 0 Å². The van der Waals surface area contributed by atoms with Gasteiger partial charge >= 0.3 is 5.97 Å². The molecule has 7 nitrogen and oxygen atoms in total. The van der Waals surface area contributed by atoms with Crippen LogP contribution in [0.4, 0.5) is 0 Å². The van der Waals surface area contributed by atoms with Gasteiger partial charge in [-0.15, -0.1) is 0 Å². The van der Waals surface area contributed by atoms with Crippen LogP contribution in [0.5, 0.6) is 0 Å². The molecular weight excluding hydrogens is 402 g/mol. The predicted octanol–water partition coefficient (Wildman–Crippen LogP) is 2.89. The number of H-pyrrole nitrogens is 1. The fourth-order valence-electron chi connectivity index (χ4n) is 4.99. The van der Waals surface area contributed by atoms with E-state index in [0.717, 1.165) is 79.8 Å². The fourth-order valence-corrected chi connectivity index (χ4v) is 6.11. The number of thioether (sulfide) groups is 1. The molecule has 2 saturated heterocycles. The Labute approximate surface area is 182 Å². The first-order valence-electron chi connectivity index (χ1n) is 11.3. The Morgan fingerprint density at radius 1 is 1.43 bits per heavy atom. The van der Waals surface area contributed by atoms with Crippen molar-refractivity contribution in [1.82, 2.24) is 15.5 Å². The summed E-state index contributed by atoms with van der Waals surface area (Å²) < 4.78 is 11.6. The zero-order valence-corrected chi connectivity index (χ0v) is 18.7. The first kappa shape index (κ1) is 21.7. The molecule has 0 bridgehead atoms. The molecule has 3 atom stereocenters. The molecule has 0 aliphatic carbocycles. The Bertz CT molecular complexity index is 762. The van der Waals surface area contributed by atoms with E-state index in [1.54, 1.807) is 0 Å². The number of amides is 1. The number of aryl methyl sites for hydroxylation is 1. The van der Waals surface area contributed by atoms with Crippen molar-refractivity contribution >= 4 is 23.6 Å². The smallest absolute Gasteiger partial charge is 0.309 e. The first-order chi connectivity index (χ1) is 14.6. The number of hydrogen-bond donors (Lipinski definition) is 2. The van der Waals surface area contributed by atoms with Crippen LogP contribution in [0, 0.1) is 11.3 Å². The summed E-state index contributed by atoms with van der Waals surface area (Å²) in [6.07, 6.45) is 7.29. The minimum atomic E-state index is -0.0341. The average molecular weight is 436 g/mol. The predicted molar refractivity (Wildman–Crippen MR) is 116 cm³/mol. The number of ether oxygens (including phenoxy) is 2. The van der Waals surface area contributed by atoms with Gasteiger partial charge in [0.05, 0.1) is 29.9 Å². The number of nitrogens with one attached hydrogen (secondary N) is 2. The molecule has 0 radical (unpaired) electrons. The lowest BCUT2D eigenvalue weighted by Crippen LogP contribution is -2.43. The van der Waals surface area contributed by atoms with Gasteiger partial charge < -0.3 is 14.8 Å². The van der Waals surface area contributed by atoms with Gasteiger partial charge in [0.2, 0.25) is 0 Å². The maximum atomic E-state index is 12.6. The van der Waals surface area contributed by atoms with Crippen molar-refractivity contribution in [3.05, 3.63) is 17.0 Å². The number of carbonyl (C=O) groups excluding carboxylic acids is 2. The van der Waals surface area contributed by atoms with Gasteiger partial charge in [-0.25, -0.2) is 0 Å². The van der Waals surface area contributed by atoms with Gasteiger partial charge in [0.15, 0.2) is 0 Å². The van der Waals surface area contributed by atoms with E-state index in [-0.39, 0.29) is 29.3 Å². The largest absolute Gasteiger partial charge is 0.465 e. The van der Waals surface area contributed by atoms with Crippen LogP contribution in [-0.2, 0) is 27.1 Å². The number of aromatic amines is 1. The molecule has 4 heterocycles. The molecule has 3 unspecified atom stereocenters. The summed E-state index contributed by atoms with van der Waals surface area (Å²) >= 11 is 1.85. The second-order valence-electron chi connectivity index (χ2n) is 8.91. The van der Waals surface area contributed by atoms with Gasteiger partial charge in [-0.1, -0.05) is 6.92 Å². The van der Waals surface area contributed by atoms with E-state index < -0.39 is 0 Å². The Kier molecular flexibility index (Phi) is 7.03. The number of aromatic nitrogens is 2. The van der Waals surface area contributed by atoms with Crippen molar-refractivity contribution in [2.24, 2.45) is 11.3 Å². The number of carbonyl (C=O) groups is 2. The SMILES string of the molecule is CCc1n[nH]c2c1C(=O)NCC1(CCOC(CCCOC(=O)C3CCCSC3)C1)C2. The summed E-state index contributed by atoms with van der Waals surface area (Å²) in [5.74, 6) is 2.08. The lowest BCUT2D eigenvalue weighted by atomic mass is 9.73. The van der Waals surface area contributed by atoms with Gasteiger partial charge in [-0.05, 0) is 62.5 Å². The normalized spacial score (nSPS) is 29.2. The van der Waals surface area contributed by atoms with Gasteiger partial charge in [0.1, 0.15) is 0 Å². The standard InChI is InChI=1S/C22H33N3O4S/c1-2-17-19-18(25-24-17)12-22(14-23-20(19)26)7-9-28-16(11-22)6-3-8-29-21(27)15-5-4-10-30-13-15/h15-16H,2-14H2,1H3,(H,23,26)(H,24,25). The van der Waals surface area contributed by atoms with Crippen molar-refractivity contribution in [2.45, 2.75) is 64.4 Å². The molecule has 2 N–H and O–H groups in total.